The van der Waals surface area contributed by atoms with Gasteiger partial charge < -0.3 is 25.0 Å². The first-order chi connectivity index (χ1) is 15.1. The zero-order valence-electron chi connectivity index (χ0n) is 17.9. The van der Waals surface area contributed by atoms with Gasteiger partial charge in [0.1, 0.15) is 11.6 Å². The second-order valence-electron chi connectivity index (χ2n) is 8.12. The molecule has 0 unspecified atom stereocenters. The highest BCUT2D eigenvalue weighted by Gasteiger charge is 2.27. The van der Waals surface area contributed by atoms with Gasteiger partial charge in [-0.15, -0.1) is 0 Å². The minimum atomic E-state index is 0.198. The number of rotatable bonds is 3. The van der Waals surface area contributed by atoms with Crippen LogP contribution in [0.2, 0.25) is 0 Å². The number of hydrogen-bond acceptors (Lipinski definition) is 9. The molecule has 5 heterocycles. The first-order valence-corrected chi connectivity index (χ1v) is 10.7. The van der Waals surface area contributed by atoms with Gasteiger partial charge in [-0.2, -0.15) is 9.97 Å². The third kappa shape index (κ3) is 3.86. The predicted molar refractivity (Wildman–Crippen MR) is 120 cm³/mol. The molecule has 0 aliphatic carbocycles. The van der Waals surface area contributed by atoms with Crippen LogP contribution in [0.25, 0.3) is 22.3 Å². The van der Waals surface area contributed by atoms with Crippen LogP contribution in [0.15, 0.2) is 30.5 Å². The molecule has 2 aliphatic heterocycles. The molecule has 3 aromatic rings. The predicted octanol–water partition coefficient (Wildman–Crippen LogP) is 2.12. The number of nitrogens with zero attached hydrogens (tertiary/aromatic N) is 6. The van der Waals surface area contributed by atoms with E-state index in [-0.39, 0.29) is 12.1 Å². The quantitative estimate of drug-likeness (QED) is 0.681. The molecule has 3 aromatic heterocycles. The number of anilines is 3. The second kappa shape index (κ2) is 8.24. The highest BCUT2D eigenvalue weighted by atomic mass is 16.5. The normalized spacial score (nSPS) is 22.1. The van der Waals surface area contributed by atoms with Crippen molar-refractivity contribution >= 4 is 28.6 Å². The smallest absolute Gasteiger partial charge is 0.229 e. The highest BCUT2D eigenvalue weighted by molar-refractivity contribution is 5.90. The van der Waals surface area contributed by atoms with Crippen molar-refractivity contribution < 1.29 is 9.47 Å². The van der Waals surface area contributed by atoms with Gasteiger partial charge in [-0.1, -0.05) is 0 Å². The van der Waals surface area contributed by atoms with Gasteiger partial charge in [0.15, 0.2) is 5.65 Å². The fourth-order valence-electron chi connectivity index (χ4n) is 4.16. The fourth-order valence-corrected chi connectivity index (χ4v) is 4.16. The van der Waals surface area contributed by atoms with E-state index in [9.17, 15) is 0 Å². The summed E-state index contributed by atoms with van der Waals surface area (Å²) in [7, 11) is 0. The van der Waals surface area contributed by atoms with Gasteiger partial charge in [0.2, 0.25) is 5.95 Å². The molecular weight excluding hydrogens is 394 g/mol. The summed E-state index contributed by atoms with van der Waals surface area (Å²) in [6, 6.07) is 8.20. The molecule has 0 spiro atoms. The third-order valence-corrected chi connectivity index (χ3v) is 5.87. The van der Waals surface area contributed by atoms with E-state index in [0.717, 1.165) is 35.6 Å². The Morgan fingerprint density at radius 2 is 1.68 bits per heavy atom. The number of aromatic nitrogens is 4. The van der Waals surface area contributed by atoms with Crippen LogP contribution in [0.4, 0.5) is 17.6 Å². The number of nitrogen functional groups attached to an aromatic ring is 1. The van der Waals surface area contributed by atoms with Gasteiger partial charge in [-0.05, 0) is 38.1 Å². The van der Waals surface area contributed by atoms with Gasteiger partial charge in [0, 0.05) is 24.8 Å². The lowest BCUT2D eigenvalue weighted by Gasteiger charge is -2.37. The molecule has 2 saturated heterocycles. The Morgan fingerprint density at radius 3 is 2.39 bits per heavy atom. The van der Waals surface area contributed by atoms with Crippen LogP contribution in [-0.2, 0) is 9.47 Å². The molecule has 162 valence electrons. The lowest BCUT2D eigenvalue weighted by atomic mass is 10.1. The molecule has 9 heteroatoms. The molecule has 5 rings (SSSR count). The van der Waals surface area contributed by atoms with Crippen molar-refractivity contribution in [3.63, 3.8) is 0 Å². The number of morpholine rings is 2. The Balaban J connectivity index is 1.66. The molecule has 2 atom stereocenters. The van der Waals surface area contributed by atoms with Crippen molar-refractivity contribution in [3.8, 4) is 11.3 Å². The van der Waals surface area contributed by atoms with Crippen LogP contribution in [0.3, 0.4) is 0 Å². The van der Waals surface area contributed by atoms with Gasteiger partial charge in [-0.3, -0.25) is 0 Å². The van der Waals surface area contributed by atoms with E-state index in [1.54, 1.807) is 6.20 Å². The van der Waals surface area contributed by atoms with E-state index < -0.39 is 0 Å². The topological polar surface area (TPSA) is 103 Å². The average Bonchev–Trinajstić information content (AvgIpc) is 2.79. The summed E-state index contributed by atoms with van der Waals surface area (Å²) in [5, 5.41) is 0.934. The van der Waals surface area contributed by atoms with Gasteiger partial charge in [0.25, 0.3) is 0 Å². The van der Waals surface area contributed by atoms with Gasteiger partial charge in [-0.25, -0.2) is 9.97 Å². The van der Waals surface area contributed by atoms with Crippen LogP contribution in [-0.4, -0.2) is 71.5 Å². The largest absolute Gasteiger partial charge is 0.384 e. The summed E-state index contributed by atoms with van der Waals surface area (Å²) in [6.07, 6.45) is 1.69. The maximum Gasteiger partial charge on any atom is 0.229 e. The zero-order valence-corrected chi connectivity index (χ0v) is 17.9. The van der Waals surface area contributed by atoms with Crippen LogP contribution in [0, 0.1) is 0 Å². The zero-order chi connectivity index (χ0) is 21.4. The number of pyridine rings is 2. The van der Waals surface area contributed by atoms with Crippen molar-refractivity contribution in [1.82, 2.24) is 19.9 Å². The van der Waals surface area contributed by atoms with Crippen molar-refractivity contribution in [1.29, 1.82) is 0 Å². The molecule has 9 nitrogen and oxygen atoms in total. The number of fused-ring (bicyclic) bond motifs is 1. The van der Waals surface area contributed by atoms with Crippen molar-refractivity contribution in [2.75, 3.05) is 55.1 Å². The minimum Gasteiger partial charge on any atom is -0.384 e. The summed E-state index contributed by atoms with van der Waals surface area (Å²) in [5.74, 6) is 2.06. The Labute approximate surface area is 181 Å². The molecule has 0 amide bonds. The van der Waals surface area contributed by atoms with Crippen LogP contribution >= 0.6 is 0 Å². The van der Waals surface area contributed by atoms with Crippen molar-refractivity contribution in [2.24, 2.45) is 0 Å². The van der Waals surface area contributed by atoms with Crippen molar-refractivity contribution in [3.05, 3.63) is 30.5 Å². The summed E-state index contributed by atoms with van der Waals surface area (Å²) in [5.41, 5.74) is 8.27. The lowest BCUT2D eigenvalue weighted by molar-refractivity contribution is 0.0973. The number of ether oxygens (including phenoxy) is 2. The molecule has 0 radical (unpaired) electrons. The van der Waals surface area contributed by atoms with Gasteiger partial charge in [0.05, 0.1) is 49.6 Å². The summed E-state index contributed by atoms with van der Waals surface area (Å²) < 4.78 is 11.3. The Hall–Kier alpha value is -3.04. The number of hydrogen-bond donors (Lipinski definition) is 1. The Bertz CT molecular complexity index is 1090. The van der Waals surface area contributed by atoms with E-state index >= 15 is 0 Å². The molecule has 0 bridgehead atoms. The van der Waals surface area contributed by atoms with E-state index in [1.165, 1.54) is 0 Å². The SMILES string of the molecule is C[C@H]1COCCN1c1nc(N2CCOC[C@@H]2C)c2ccc(-c3ccnc(N)c3)nc2n1. The minimum absolute atomic E-state index is 0.198. The monoisotopic (exact) mass is 421 g/mol. The third-order valence-electron chi connectivity index (χ3n) is 5.87. The lowest BCUT2D eigenvalue weighted by Crippen LogP contribution is -2.46. The molecular formula is C22H27N7O2. The molecule has 31 heavy (non-hydrogen) atoms. The van der Waals surface area contributed by atoms with Gasteiger partial charge >= 0.3 is 0 Å². The molecule has 2 fully saturated rings. The van der Waals surface area contributed by atoms with E-state index in [0.29, 0.717) is 43.8 Å². The van der Waals surface area contributed by atoms with Crippen LogP contribution < -0.4 is 15.5 Å². The highest BCUT2D eigenvalue weighted by Crippen LogP contribution is 2.31. The summed E-state index contributed by atoms with van der Waals surface area (Å²) >= 11 is 0. The fraction of sp³-hybridized carbons (Fsp3) is 0.455. The number of nitrogens with two attached hydrogens (primary N) is 1. The standard InChI is InChI=1S/C22H27N7O2/c1-14-12-30-9-7-28(14)21-17-3-4-18(16-5-6-24-19(23)11-16)25-20(17)26-22(27-21)29-8-10-31-13-15(29)2/h3-6,11,14-15H,7-10,12-13H2,1-2H3,(H2,23,24)/t14-,15-/m0/s1. The maximum atomic E-state index is 5.88. The Morgan fingerprint density at radius 1 is 0.935 bits per heavy atom. The molecule has 2 N–H and O–H groups in total. The maximum absolute atomic E-state index is 5.88. The van der Waals surface area contributed by atoms with E-state index in [4.69, 9.17) is 30.2 Å². The molecule has 0 aromatic carbocycles. The van der Waals surface area contributed by atoms with E-state index in [2.05, 4.69) is 34.7 Å². The van der Waals surface area contributed by atoms with Crippen molar-refractivity contribution in [2.45, 2.75) is 25.9 Å². The summed E-state index contributed by atoms with van der Waals surface area (Å²) in [4.78, 5) is 23.4. The Kier molecular flexibility index (Phi) is 5.29. The van der Waals surface area contributed by atoms with Crippen LogP contribution in [0.5, 0.6) is 0 Å². The second-order valence-corrected chi connectivity index (χ2v) is 8.12. The molecule has 0 saturated carbocycles. The molecule has 2 aliphatic rings. The first-order valence-electron chi connectivity index (χ1n) is 10.7. The first kappa shape index (κ1) is 19.9. The summed E-state index contributed by atoms with van der Waals surface area (Å²) in [6.45, 7) is 8.52. The van der Waals surface area contributed by atoms with E-state index in [1.807, 2.05) is 18.2 Å². The average molecular weight is 422 g/mol. The van der Waals surface area contributed by atoms with Crippen LogP contribution in [0.1, 0.15) is 13.8 Å².